The Morgan fingerprint density at radius 1 is 1.35 bits per heavy atom. The number of aromatic nitrogens is 2. The van der Waals surface area contributed by atoms with E-state index < -0.39 is 10.0 Å². The van der Waals surface area contributed by atoms with Gasteiger partial charge in [0.15, 0.2) is 0 Å². The predicted octanol–water partition coefficient (Wildman–Crippen LogP) is 1.00. The van der Waals surface area contributed by atoms with Crippen molar-refractivity contribution in [1.82, 2.24) is 14.7 Å². The molecule has 1 aromatic heterocycles. The van der Waals surface area contributed by atoms with Gasteiger partial charge in [0, 0.05) is 30.5 Å². The average molecular weight is 298 g/mol. The minimum atomic E-state index is -3.11. The van der Waals surface area contributed by atoms with E-state index in [1.807, 2.05) is 19.9 Å². The number of hydrogen-bond acceptors (Lipinski definition) is 5. The molecule has 2 heterocycles. The molecule has 1 N–H and O–H groups in total. The molecule has 7 heteroatoms. The molecule has 1 aliphatic rings. The molecule has 1 saturated heterocycles. The van der Waals surface area contributed by atoms with E-state index in [1.54, 1.807) is 0 Å². The zero-order chi connectivity index (χ0) is 14.8. The van der Waals surface area contributed by atoms with Crippen molar-refractivity contribution in [2.75, 3.05) is 24.2 Å². The Balaban J connectivity index is 2.03. The summed E-state index contributed by atoms with van der Waals surface area (Å²) in [5, 5.41) is 0. The maximum absolute atomic E-state index is 11.1. The molecule has 1 aromatic rings. The van der Waals surface area contributed by atoms with Gasteiger partial charge in [-0.15, -0.1) is 0 Å². The minimum Gasteiger partial charge on any atom is -0.338 e. The van der Waals surface area contributed by atoms with Crippen molar-refractivity contribution in [2.45, 2.75) is 39.2 Å². The Bertz CT molecular complexity index is 553. The van der Waals surface area contributed by atoms with E-state index in [9.17, 15) is 8.42 Å². The lowest BCUT2D eigenvalue weighted by Gasteiger charge is -2.25. The fourth-order valence-electron chi connectivity index (χ4n) is 2.65. The molecule has 20 heavy (non-hydrogen) atoms. The molecule has 0 spiro atoms. The van der Waals surface area contributed by atoms with Gasteiger partial charge < -0.3 is 4.90 Å². The Labute approximate surface area is 120 Å². The van der Waals surface area contributed by atoms with E-state index in [1.165, 1.54) is 6.26 Å². The van der Waals surface area contributed by atoms with Gasteiger partial charge in [-0.05, 0) is 39.2 Å². The number of nitrogens with one attached hydrogen (secondary N) is 1. The monoisotopic (exact) mass is 298 g/mol. The van der Waals surface area contributed by atoms with Crippen molar-refractivity contribution in [3.8, 4) is 0 Å². The van der Waals surface area contributed by atoms with E-state index in [2.05, 4.69) is 19.6 Å². The maximum Gasteiger partial charge on any atom is 0.226 e. The third-order valence-corrected chi connectivity index (χ3v) is 4.17. The number of nitrogens with zero attached hydrogens (tertiary/aromatic N) is 3. The van der Waals surface area contributed by atoms with Crippen LogP contribution in [0.3, 0.4) is 0 Å². The third-order valence-electron chi connectivity index (χ3n) is 3.45. The van der Waals surface area contributed by atoms with Gasteiger partial charge in [0.25, 0.3) is 0 Å². The number of hydrogen-bond donors (Lipinski definition) is 1. The van der Waals surface area contributed by atoms with Crippen molar-refractivity contribution >= 4 is 16.0 Å². The smallest absolute Gasteiger partial charge is 0.226 e. The van der Waals surface area contributed by atoms with Crippen LogP contribution in [0.15, 0.2) is 6.07 Å². The Kier molecular flexibility index (Phi) is 4.59. The Morgan fingerprint density at radius 3 is 2.60 bits per heavy atom. The van der Waals surface area contributed by atoms with Crippen LogP contribution in [0.2, 0.25) is 0 Å². The summed E-state index contributed by atoms with van der Waals surface area (Å²) in [5.41, 5.74) is 1.93. The normalized spacial score (nSPS) is 19.6. The minimum absolute atomic E-state index is 0.311. The summed E-state index contributed by atoms with van der Waals surface area (Å²) in [7, 11) is -3.11. The highest BCUT2D eigenvalue weighted by atomic mass is 32.2. The Morgan fingerprint density at radius 2 is 2.00 bits per heavy atom. The second-order valence-electron chi connectivity index (χ2n) is 5.40. The molecule has 0 saturated carbocycles. The summed E-state index contributed by atoms with van der Waals surface area (Å²) in [6.45, 7) is 5.33. The van der Waals surface area contributed by atoms with Crippen molar-refractivity contribution < 1.29 is 8.42 Å². The van der Waals surface area contributed by atoms with E-state index >= 15 is 0 Å². The summed E-state index contributed by atoms with van der Waals surface area (Å²) < 4.78 is 24.7. The van der Waals surface area contributed by atoms with E-state index in [-0.39, 0.29) is 0 Å². The SMILES string of the molecule is Cc1cc(C)nc(N2CCCC2CCNS(C)(=O)=O)n1. The number of aryl methyl sites for hydroxylation is 2. The summed E-state index contributed by atoms with van der Waals surface area (Å²) in [4.78, 5) is 11.2. The summed E-state index contributed by atoms with van der Waals surface area (Å²) in [6, 6.07) is 2.27. The first-order valence-corrected chi connectivity index (χ1v) is 8.78. The van der Waals surface area contributed by atoms with Gasteiger partial charge in [-0.3, -0.25) is 0 Å². The average Bonchev–Trinajstić information content (AvgIpc) is 2.74. The molecule has 0 aliphatic carbocycles. The van der Waals surface area contributed by atoms with Crippen LogP contribution in [0, 0.1) is 13.8 Å². The van der Waals surface area contributed by atoms with Gasteiger partial charge in [0.2, 0.25) is 16.0 Å². The first-order chi connectivity index (χ1) is 9.35. The van der Waals surface area contributed by atoms with Gasteiger partial charge in [0.1, 0.15) is 0 Å². The molecule has 1 fully saturated rings. The van der Waals surface area contributed by atoms with Crippen LogP contribution in [0.5, 0.6) is 0 Å². The quantitative estimate of drug-likeness (QED) is 0.878. The highest BCUT2D eigenvalue weighted by Crippen LogP contribution is 2.24. The molecule has 0 radical (unpaired) electrons. The highest BCUT2D eigenvalue weighted by molar-refractivity contribution is 7.88. The lowest BCUT2D eigenvalue weighted by molar-refractivity contribution is 0.564. The molecule has 2 rings (SSSR count). The second kappa shape index (κ2) is 6.05. The van der Waals surface area contributed by atoms with Crippen LogP contribution in [0.4, 0.5) is 5.95 Å². The number of rotatable bonds is 5. The zero-order valence-corrected chi connectivity index (χ0v) is 13.1. The third kappa shape index (κ3) is 4.14. The first-order valence-electron chi connectivity index (χ1n) is 6.89. The fourth-order valence-corrected chi connectivity index (χ4v) is 3.13. The van der Waals surface area contributed by atoms with Crippen molar-refractivity contribution in [3.63, 3.8) is 0 Å². The van der Waals surface area contributed by atoms with Gasteiger partial charge in [-0.25, -0.2) is 23.1 Å². The molecule has 1 atom stereocenters. The van der Waals surface area contributed by atoms with Crippen LogP contribution >= 0.6 is 0 Å². The van der Waals surface area contributed by atoms with E-state index in [0.717, 1.165) is 43.1 Å². The molecular formula is C13H22N4O2S. The Hall–Kier alpha value is -1.21. The van der Waals surface area contributed by atoms with Crippen LogP contribution in [-0.2, 0) is 10.0 Å². The van der Waals surface area contributed by atoms with E-state index in [0.29, 0.717) is 12.6 Å². The van der Waals surface area contributed by atoms with Gasteiger partial charge >= 0.3 is 0 Å². The lowest BCUT2D eigenvalue weighted by atomic mass is 10.1. The molecule has 6 nitrogen and oxygen atoms in total. The molecule has 1 unspecified atom stereocenters. The molecule has 0 aromatic carbocycles. The first kappa shape index (κ1) is 15.2. The van der Waals surface area contributed by atoms with E-state index in [4.69, 9.17) is 0 Å². The van der Waals surface area contributed by atoms with Gasteiger partial charge in [-0.1, -0.05) is 0 Å². The van der Waals surface area contributed by atoms with Gasteiger partial charge in [0.05, 0.1) is 6.26 Å². The molecule has 0 bridgehead atoms. The molecular weight excluding hydrogens is 276 g/mol. The van der Waals surface area contributed by atoms with Crippen LogP contribution in [-0.4, -0.2) is 43.8 Å². The standard InChI is InChI=1S/C13H22N4O2S/c1-10-9-11(2)16-13(15-10)17-8-4-5-12(17)6-7-14-20(3,18)19/h9,12,14H,4-8H2,1-3H3. The number of sulfonamides is 1. The van der Waals surface area contributed by atoms with Gasteiger partial charge in [-0.2, -0.15) is 0 Å². The lowest BCUT2D eigenvalue weighted by Crippen LogP contribution is -2.34. The summed E-state index contributed by atoms with van der Waals surface area (Å²) in [6.07, 6.45) is 4.12. The number of anilines is 1. The van der Waals surface area contributed by atoms with Crippen molar-refractivity contribution in [1.29, 1.82) is 0 Å². The largest absolute Gasteiger partial charge is 0.338 e. The maximum atomic E-state index is 11.1. The summed E-state index contributed by atoms with van der Waals surface area (Å²) in [5.74, 6) is 0.768. The molecule has 112 valence electrons. The second-order valence-corrected chi connectivity index (χ2v) is 7.23. The van der Waals surface area contributed by atoms with Crippen molar-refractivity contribution in [2.24, 2.45) is 0 Å². The van der Waals surface area contributed by atoms with Crippen LogP contribution in [0.25, 0.3) is 0 Å². The predicted molar refractivity (Wildman–Crippen MR) is 79.3 cm³/mol. The fraction of sp³-hybridized carbons (Fsp3) is 0.692. The van der Waals surface area contributed by atoms with Crippen LogP contribution in [0.1, 0.15) is 30.7 Å². The van der Waals surface area contributed by atoms with Crippen LogP contribution < -0.4 is 9.62 Å². The van der Waals surface area contributed by atoms with Crippen molar-refractivity contribution in [3.05, 3.63) is 17.5 Å². The molecule has 0 amide bonds. The zero-order valence-electron chi connectivity index (χ0n) is 12.3. The summed E-state index contributed by atoms with van der Waals surface area (Å²) >= 11 is 0. The highest BCUT2D eigenvalue weighted by Gasteiger charge is 2.26. The topological polar surface area (TPSA) is 75.2 Å². The molecule has 1 aliphatic heterocycles.